The first kappa shape index (κ1) is 19.4. The van der Waals surface area contributed by atoms with E-state index >= 15 is 0 Å². The Hall–Kier alpha value is -2.34. The average Bonchev–Trinajstić information content (AvgIpc) is 2.52. The minimum Gasteiger partial charge on any atom is -0.0610 e. The molecule has 0 heteroatoms. The lowest BCUT2D eigenvalue weighted by atomic mass is 9.81. The van der Waals surface area contributed by atoms with Crippen molar-refractivity contribution in [2.24, 2.45) is 0 Å². The molecule has 0 unspecified atom stereocenters. The fraction of sp³-hybridized carbons (Fsp3) is 0.333. The van der Waals surface area contributed by atoms with Crippen molar-refractivity contribution in [1.29, 1.82) is 0 Å². The molecule has 0 aromatic heterocycles. The van der Waals surface area contributed by atoms with E-state index in [1.54, 1.807) is 0 Å². The van der Waals surface area contributed by atoms with Crippen molar-refractivity contribution in [1.82, 2.24) is 0 Å². The first-order valence-electron chi connectivity index (χ1n) is 10.00. The summed E-state index contributed by atoms with van der Waals surface area (Å²) in [5, 5.41) is 0. The van der Waals surface area contributed by atoms with Crippen molar-refractivity contribution in [3.63, 3.8) is 0 Å². The lowest BCUT2D eigenvalue weighted by Crippen LogP contribution is -2.01. The summed E-state index contributed by atoms with van der Waals surface area (Å²) in [7, 11) is 0. The van der Waals surface area contributed by atoms with Crippen LogP contribution in [-0.2, 0) is 0 Å². The van der Waals surface area contributed by atoms with Gasteiger partial charge in [0.15, 0.2) is 0 Å². The van der Waals surface area contributed by atoms with Gasteiger partial charge >= 0.3 is 0 Å². The van der Waals surface area contributed by atoms with Crippen LogP contribution in [0.25, 0.3) is 22.3 Å². The lowest BCUT2D eigenvalue weighted by Gasteiger charge is -2.23. The first-order chi connectivity index (χ1) is 12.7. The van der Waals surface area contributed by atoms with Crippen LogP contribution in [0.15, 0.2) is 42.5 Å². The van der Waals surface area contributed by atoms with Gasteiger partial charge in [0, 0.05) is 0 Å². The smallest absolute Gasteiger partial charge is 0.0122 e. The molecule has 0 N–H and O–H groups in total. The van der Waals surface area contributed by atoms with Gasteiger partial charge in [-0.3, -0.25) is 0 Å². The van der Waals surface area contributed by atoms with Crippen LogP contribution in [-0.4, -0.2) is 0 Å². The van der Waals surface area contributed by atoms with Gasteiger partial charge in [-0.05, 0) is 97.5 Å². The number of benzene rings is 3. The van der Waals surface area contributed by atoms with Crippen molar-refractivity contribution in [3.05, 3.63) is 81.4 Å². The molecule has 140 valence electrons. The zero-order valence-electron chi connectivity index (χ0n) is 18.1. The van der Waals surface area contributed by atoms with Gasteiger partial charge in [-0.25, -0.2) is 0 Å². The molecule has 27 heavy (non-hydrogen) atoms. The molecule has 0 spiro atoms. The number of aryl methyl sites for hydroxylation is 6. The molecule has 0 aliphatic rings. The molecule has 0 bridgehead atoms. The molecule has 3 rings (SSSR count). The summed E-state index contributed by atoms with van der Waals surface area (Å²) >= 11 is 0. The van der Waals surface area contributed by atoms with Crippen LogP contribution in [0.3, 0.4) is 0 Å². The van der Waals surface area contributed by atoms with Gasteiger partial charge in [0.25, 0.3) is 0 Å². The van der Waals surface area contributed by atoms with E-state index in [2.05, 4.69) is 97.9 Å². The molecule has 3 aromatic rings. The third-order valence-electron chi connectivity index (χ3n) is 5.58. The topological polar surface area (TPSA) is 0 Å². The van der Waals surface area contributed by atoms with Gasteiger partial charge < -0.3 is 0 Å². The maximum Gasteiger partial charge on any atom is -0.0122 e. The molecule has 0 amide bonds. The van der Waals surface area contributed by atoms with Crippen LogP contribution >= 0.6 is 0 Å². The molecule has 0 nitrogen and oxygen atoms in total. The Kier molecular flexibility index (Phi) is 5.29. The van der Waals surface area contributed by atoms with Crippen LogP contribution in [0.2, 0.25) is 0 Å². The highest BCUT2D eigenvalue weighted by Gasteiger charge is 2.19. The van der Waals surface area contributed by atoms with E-state index < -0.39 is 0 Å². The van der Waals surface area contributed by atoms with Gasteiger partial charge in [0.05, 0.1) is 0 Å². The first-order valence-corrected chi connectivity index (χ1v) is 10.00. The number of rotatable bonds is 3. The zero-order valence-corrected chi connectivity index (χ0v) is 18.1. The summed E-state index contributed by atoms with van der Waals surface area (Å²) in [4.78, 5) is 0. The van der Waals surface area contributed by atoms with Crippen LogP contribution < -0.4 is 0 Å². The van der Waals surface area contributed by atoms with Crippen molar-refractivity contribution >= 4 is 0 Å². The quantitative estimate of drug-likeness (QED) is 0.446. The molecule has 0 radical (unpaired) electrons. The fourth-order valence-electron chi connectivity index (χ4n) is 4.83. The van der Waals surface area contributed by atoms with Crippen molar-refractivity contribution in [2.75, 3.05) is 0 Å². The lowest BCUT2D eigenvalue weighted by molar-refractivity contribution is 0.870. The molecule has 0 saturated heterocycles. The SMILES string of the molecule is Cc1cc(C)c(-c2cccc(-c3c(C)cc(C)cc3C)c2C(C)C)c(C)c1. The summed E-state index contributed by atoms with van der Waals surface area (Å²) in [5.41, 5.74) is 15.2. The van der Waals surface area contributed by atoms with Crippen LogP contribution in [0.4, 0.5) is 0 Å². The van der Waals surface area contributed by atoms with Gasteiger partial charge in [-0.1, -0.05) is 67.4 Å². The van der Waals surface area contributed by atoms with E-state index in [-0.39, 0.29) is 0 Å². The standard InChI is InChI=1S/C27H32/c1-16(2)25-23(26-19(5)12-17(3)13-20(26)6)10-9-11-24(25)27-21(7)14-18(4)15-22(27)8/h9-16H,1-8H3. The maximum atomic E-state index is 2.32. The molecular formula is C27H32. The molecule has 0 fully saturated rings. The van der Waals surface area contributed by atoms with Gasteiger partial charge in [0.1, 0.15) is 0 Å². The molecule has 0 aliphatic heterocycles. The summed E-state index contributed by atoms with van der Waals surface area (Å²) in [6.45, 7) is 18.0. The Morgan fingerprint density at radius 3 is 1.19 bits per heavy atom. The summed E-state index contributed by atoms with van der Waals surface area (Å²) in [6.07, 6.45) is 0. The van der Waals surface area contributed by atoms with E-state index in [9.17, 15) is 0 Å². The maximum absolute atomic E-state index is 2.32. The molecule has 3 aromatic carbocycles. The average molecular weight is 357 g/mol. The van der Waals surface area contributed by atoms with Crippen LogP contribution in [0, 0.1) is 41.5 Å². The van der Waals surface area contributed by atoms with E-state index in [4.69, 9.17) is 0 Å². The predicted octanol–water partition coefficient (Wildman–Crippen LogP) is 7.99. The third-order valence-corrected chi connectivity index (χ3v) is 5.58. The third kappa shape index (κ3) is 3.58. The number of hydrogen-bond donors (Lipinski definition) is 0. The Bertz CT molecular complexity index is 881. The summed E-state index contributed by atoms with van der Waals surface area (Å²) in [5.74, 6) is 0.455. The number of hydrogen-bond acceptors (Lipinski definition) is 0. The normalized spacial score (nSPS) is 11.3. The molecule has 0 saturated carbocycles. The minimum atomic E-state index is 0.455. The molecular weight excluding hydrogens is 324 g/mol. The predicted molar refractivity (Wildman–Crippen MR) is 120 cm³/mol. The second-order valence-corrected chi connectivity index (χ2v) is 8.47. The van der Waals surface area contributed by atoms with Gasteiger partial charge in [0.2, 0.25) is 0 Å². The van der Waals surface area contributed by atoms with Crippen LogP contribution in [0.5, 0.6) is 0 Å². The van der Waals surface area contributed by atoms with E-state index in [0.717, 1.165) is 0 Å². The summed E-state index contributed by atoms with van der Waals surface area (Å²) < 4.78 is 0. The Morgan fingerprint density at radius 1 is 0.556 bits per heavy atom. The zero-order chi connectivity index (χ0) is 19.9. The Morgan fingerprint density at radius 2 is 0.889 bits per heavy atom. The van der Waals surface area contributed by atoms with Crippen molar-refractivity contribution in [3.8, 4) is 22.3 Å². The Balaban J connectivity index is 2.37. The largest absolute Gasteiger partial charge is 0.0610 e. The van der Waals surface area contributed by atoms with Gasteiger partial charge in [-0.15, -0.1) is 0 Å². The van der Waals surface area contributed by atoms with Crippen molar-refractivity contribution in [2.45, 2.75) is 61.3 Å². The second kappa shape index (κ2) is 7.35. The second-order valence-electron chi connectivity index (χ2n) is 8.47. The van der Waals surface area contributed by atoms with Crippen LogP contribution in [0.1, 0.15) is 58.7 Å². The summed E-state index contributed by atoms with van der Waals surface area (Å²) in [6, 6.07) is 16.1. The highest BCUT2D eigenvalue weighted by molar-refractivity contribution is 5.84. The molecule has 0 aliphatic carbocycles. The molecule has 0 heterocycles. The minimum absolute atomic E-state index is 0.455. The van der Waals surface area contributed by atoms with Crippen molar-refractivity contribution < 1.29 is 0 Å². The molecule has 0 atom stereocenters. The Labute approximate surface area is 165 Å². The highest BCUT2D eigenvalue weighted by atomic mass is 14.2. The van der Waals surface area contributed by atoms with E-state index in [0.29, 0.717) is 5.92 Å². The van der Waals surface area contributed by atoms with Gasteiger partial charge in [-0.2, -0.15) is 0 Å². The fourth-order valence-corrected chi connectivity index (χ4v) is 4.83. The highest BCUT2D eigenvalue weighted by Crippen LogP contribution is 2.41. The van der Waals surface area contributed by atoms with E-state index in [1.165, 1.54) is 61.2 Å². The van der Waals surface area contributed by atoms with E-state index in [1.807, 2.05) is 0 Å². The monoisotopic (exact) mass is 356 g/mol.